The molecule has 6 heteroatoms. The van der Waals surface area contributed by atoms with Crippen molar-refractivity contribution in [3.8, 4) is 5.75 Å². The van der Waals surface area contributed by atoms with Crippen molar-refractivity contribution in [1.29, 1.82) is 0 Å². The number of ether oxygens (including phenoxy) is 1. The van der Waals surface area contributed by atoms with Crippen LogP contribution in [0.2, 0.25) is 5.02 Å². The normalized spacial score (nSPS) is 20.4. The van der Waals surface area contributed by atoms with E-state index in [9.17, 15) is 4.79 Å². The van der Waals surface area contributed by atoms with E-state index in [0.29, 0.717) is 29.1 Å². The van der Waals surface area contributed by atoms with Crippen LogP contribution in [0.25, 0.3) is 0 Å². The first-order valence-corrected chi connectivity index (χ1v) is 9.37. The van der Waals surface area contributed by atoms with Crippen LogP contribution in [0.4, 0.5) is 5.69 Å². The number of aromatic nitrogens is 2. The quantitative estimate of drug-likeness (QED) is 0.812. The van der Waals surface area contributed by atoms with E-state index in [-0.39, 0.29) is 12.0 Å². The first-order chi connectivity index (χ1) is 12.2. The highest BCUT2D eigenvalue weighted by molar-refractivity contribution is 6.32. The van der Waals surface area contributed by atoms with Crippen LogP contribution in [0.1, 0.15) is 55.6 Å². The first-order valence-electron chi connectivity index (χ1n) is 8.99. The van der Waals surface area contributed by atoms with E-state index in [1.165, 1.54) is 12.8 Å². The molecule has 0 N–H and O–H groups in total. The summed E-state index contributed by atoms with van der Waals surface area (Å²) < 4.78 is 7.92. The Kier molecular flexibility index (Phi) is 4.42. The third-order valence-corrected chi connectivity index (χ3v) is 5.43. The van der Waals surface area contributed by atoms with Crippen LogP contribution in [0.15, 0.2) is 30.5 Å². The van der Waals surface area contributed by atoms with Crippen molar-refractivity contribution in [2.75, 3.05) is 11.4 Å². The van der Waals surface area contributed by atoms with Crippen molar-refractivity contribution in [3.05, 3.63) is 41.2 Å². The standard InChI is InChI=1S/C19H22ClN3O2/c1-2-14-12-22(17-9-5-8-15(20)18(17)25-14)19(24)16-10-11-23(21-16)13-6-3-4-7-13/h5,8-11,13-14H,2-4,6-7,12H2,1H3/t14-/m1/s1. The summed E-state index contributed by atoms with van der Waals surface area (Å²) in [5, 5.41) is 5.10. The van der Waals surface area contributed by atoms with Gasteiger partial charge in [-0.25, -0.2) is 0 Å². The van der Waals surface area contributed by atoms with E-state index in [1.54, 1.807) is 11.0 Å². The predicted octanol–water partition coefficient (Wildman–Crippen LogP) is 4.47. The molecule has 1 atom stereocenters. The van der Waals surface area contributed by atoms with Gasteiger partial charge in [0.2, 0.25) is 0 Å². The fourth-order valence-electron chi connectivity index (χ4n) is 3.70. The van der Waals surface area contributed by atoms with E-state index in [0.717, 1.165) is 24.9 Å². The lowest BCUT2D eigenvalue weighted by atomic mass is 10.1. The molecular weight excluding hydrogens is 338 g/mol. The average Bonchev–Trinajstić information content (AvgIpc) is 3.32. The Hall–Kier alpha value is -2.01. The van der Waals surface area contributed by atoms with E-state index in [4.69, 9.17) is 16.3 Å². The second-order valence-corrected chi connectivity index (χ2v) is 7.18. The lowest BCUT2D eigenvalue weighted by Gasteiger charge is -2.34. The largest absolute Gasteiger partial charge is 0.485 e. The molecule has 5 nitrogen and oxygen atoms in total. The Bertz CT molecular complexity index is 783. The number of fused-ring (bicyclic) bond motifs is 1. The number of hydrogen-bond donors (Lipinski definition) is 0. The number of amides is 1. The van der Waals surface area contributed by atoms with Gasteiger partial charge in [-0.15, -0.1) is 0 Å². The predicted molar refractivity (Wildman–Crippen MR) is 97.6 cm³/mol. The number of halogens is 1. The van der Waals surface area contributed by atoms with Gasteiger partial charge in [0.15, 0.2) is 11.4 Å². The monoisotopic (exact) mass is 359 g/mol. The van der Waals surface area contributed by atoms with Gasteiger partial charge in [-0.05, 0) is 37.5 Å². The Morgan fingerprint density at radius 2 is 2.12 bits per heavy atom. The summed E-state index contributed by atoms with van der Waals surface area (Å²) in [5.74, 6) is 0.493. The Labute approximate surface area is 152 Å². The minimum Gasteiger partial charge on any atom is -0.485 e. The molecule has 2 heterocycles. The molecule has 4 rings (SSSR count). The van der Waals surface area contributed by atoms with Gasteiger partial charge in [-0.3, -0.25) is 14.4 Å². The zero-order valence-corrected chi connectivity index (χ0v) is 15.1. The summed E-state index contributed by atoms with van der Waals surface area (Å²) in [4.78, 5) is 14.9. The molecule has 0 radical (unpaired) electrons. The van der Waals surface area contributed by atoms with Crippen molar-refractivity contribution in [2.24, 2.45) is 0 Å². The second-order valence-electron chi connectivity index (χ2n) is 6.77. The molecular formula is C19H22ClN3O2. The molecule has 0 bridgehead atoms. The molecule has 132 valence electrons. The maximum Gasteiger partial charge on any atom is 0.279 e. The van der Waals surface area contributed by atoms with Gasteiger partial charge in [0.25, 0.3) is 5.91 Å². The maximum atomic E-state index is 13.1. The van der Waals surface area contributed by atoms with Gasteiger partial charge < -0.3 is 4.74 Å². The highest BCUT2D eigenvalue weighted by atomic mass is 35.5. The Morgan fingerprint density at radius 3 is 2.88 bits per heavy atom. The molecule has 1 aromatic carbocycles. The molecule has 1 aliphatic carbocycles. The molecule has 0 spiro atoms. The number of hydrogen-bond acceptors (Lipinski definition) is 3. The Balaban J connectivity index is 1.64. The SMILES string of the molecule is CC[C@@H]1CN(C(=O)c2ccn(C3CCCC3)n2)c2cccc(Cl)c2O1. The molecule has 2 aromatic rings. The summed E-state index contributed by atoms with van der Waals surface area (Å²) in [6.45, 7) is 2.56. The zero-order chi connectivity index (χ0) is 17.4. The van der Waals surface area contributed by atoms with E-state index >= 15 is 0 Å². The zero-order valence-electron chi connectivity index (χ0n) is 14.3. The van der Waals surface area contributed by atoms with Crippen molar-refractivity contribution >= 4 is 23.2 Å². The molecule has 2 aliphatic rings. The fraction of sp³-hybridized carbons (Fsp3) is 0.474. The van der Waals surface area contributed by atoms with Crippen LogP contribution >= 0.6 is 11.6 Å². The molecule has 1 saturated carbocycles. The number of carbonyl (C=O) groups is 1. The summed E-state index contributed by atoms with van der Waals surface area (Å²) in [6, 6.07) is 7.75. The van der Waals surface area contributed by atoms with Crippen LogP contribution in [0.5, 0.6) is 5.75 Å². The highest BCUT2D eigenvalue weighted by Gasteiger charge is 2.32. The van der Waals surface area contributed by atoms with Gasteiger partial charge in [0.1, 0.15) is 6.10 Å². The molecule has 1 amide bonds. The number of para-hydroxylation sites is 1. The van der Waals surface area contributed by atoms with Gasteiger partial charge in [0.05, 0.1) is 23.3 Å². The molecule has 1 aliphatic heterocycles. The highest BCUT2D eigenvalue weighted by Crippen LogP contribution is 2.40. The third kappa shape index (κ3) is 3.01. The number of benzene rings is 1. The summed E-state index contributed by atoms with van der Waals surface area (Å²) in [7, 11) is 0. The van der Waals surface area contributed by atoms with Gasteiger partial charge >= 0.3 is 0 Å². The lowest BCUT2D eigenvalue weighted by molar-refractivity contribution is 0.0948. The number of anilines is 1. The van der Waals surface area contributed by atoms with Crippen molar-refractivity contribution in [3.63, 3.8) is 0 Å². The minimum atomic E-state index is -0.0954. The Morgan fingerprint density at radius 1 is 1.32 bits per heavy atom. The molecule has 25 heavy (non-hydrogen) atoms. The molecule has 1 aromatic heterocycles. The topological polar surface area (TPSA) is 47.4 Å². The van der Waals surface area contributed by atoms with E-state index < -0.39 is 0 Å². The lowest BCUT2D eigenvalue weighted by Crippen LogP contribution is -2.43. The first kappa shape index (κ1) is 16.5. The third-order valence-electron chi connectivity index (χ3n) is 5.13. The van der Waals surface area contributed by atoms with Crippen LogP contribution in [-0.4, -0.2) is 28.3 Å². The van der Waals surface area contributed by atoms with Gasteiger partial charge in [0, 0.05) is 6.20 Å². The fourth-order valence-corrected chi connectivity index (χ4v) is 3.91. The number of nitrogens with zero attached hydrogens (tertiary/aromatic N) is 3. The maximum absolute atomic E-state index is 13.1. The van der Waals surface area contributed by atoms with Crippen LogP contribution in [0.3, 0.4) is 0 Å². The molecule has 0 saturated heterocycles. The summed E-state index contributed by atoms with van der Waals surface area (Å²) in [5.41, 5.74) is 1.20. The van der Waals surface area contributed by atoms with Crippen LogP contribution in [0, 0.1) is 0 Å². The number of rotatable bonds is 3. The summed E-state index contributed by atoms with van der Waals surface area (Å²) in [6.07, 6.45) is 7.44. The number of carbonyl (C=O) groups excluding carboxylic acids is 1. The van der Waals surface area contributed by atoms with Crippen molar-refractivity contribution in [1.82, 2.24) is 9.78 Å². The second kappa shape index (κ2) is 6.71. The average molecular weight is 360 g/mol. The smallest absolute Gasteiger partial charge is 0.279 e. The van der Waals surface area contributed by atoms with Crippen molar-refractivity contribution in [2.45, 2.75) is 51.2 Å². The molecule has 0 unspecified atom stereocenters. The van der Waals surface area contributed by atoms with Crippen molar-refractivity contribution < 1.29 is 9.53 Å². The van der Waals surface area contributed by atoms with E-state index in [1.807, 2.05) is 36.0 Å². The van der Waals surface area contributed by atoms with Gasteiger partial charge in [-0.2, -0.15) is 5.10 Å². The summed E-state index contributed by atoms with van der Waals surface area (Å²) >= 11 is 6.29. The van der Waals surface area contributed by atoms with Gasteiger partial charge in [-0.1, -0.05) is 37.4 Å². The van der Waals surface area contributed by atoms with Crippen LogP contribution in [-0.2, 0) is 0 Å². The molecule has 1 fully saturated rings. The van der Waals surface area contributed by atoms with E-state index in [2.05, 4.69) is 5.10 Å². The van der Waals surface area contributed by atoms with Crippen LogP contribution < -0.4 is 9.64 Å². The minimum absolute atomic E-state index is 0.0618.